The predicted molar refractivity (Wildman–Crippen MR) is 88.9 cm³/mol. The van der Waals surface area contributed by atoms with Gasteiger partial charge in [-0.15, -0.1) is 5.10 Å². The minimum absolute atomic E-state index is 0.273. The van der Waals surface area contributed by atoms with Gasteiger partial charge in [0, 0.05) is 19.5 Å². The summed E-state index contributed by atoms with van der Waals surface area (Å²) in [5.74, 6) is 0.420. The number of hydrogen-bond donors (Lipinski definition) is 1. The molecule has 2 aromatic heterocycles. The van der Waals surface area contributed by atoms with Crippen molar-refractivity contribution in [1.82, 2.24) is 29.9 Å². The molecule has 0 saturated heterocycles. The van der Waals surface area contributed by atoms with Gasteiger partial charge >= 0.3 is 0 Å². The van der Waals surface area contributed by atoms with Crippen molar-refractivity contribution in [3.05, 3.63) is 46.2 Å². The fraction of sp³-hybridized carbons (Fsp3) is 0.200. The van der Waals surface area contributed by atoms with Crippen LogP contribution < -0.4 is 10.1 Å². The SMILES string of the molecule is CNC(=O)c1nnn2c1Cc1c(Br)ncn1-c1ccc(OC)cc1-2. The zero-order chi connectivity index (χ0) is 16.8. The molecule has 4 rings (SSSR count). The quantitative estimate of drug-likeness (QED) is 0.562. The van der Waals surface area contributed by atoms with E-state index in [1.54, 1.807) is 25.2 Å². The van der Waals surface area contributed by atoms with Crippen molar-refractivity contribution in [3.63, 3.8) is 0 Å². The van der Waals surface area contributed by atoms with Gasteiger partial charge in [0.05, 0.1) is 29.9 Å². The molecular weight excluding hydrogens is 376 g/mol. The Morgan fingerprint density at radius 3 is 2.92 bits per heavy atom. The fourth-order valence-corrected chi connectivity index (χ4v) is 3.25. The molecule has 24 heavy (non-hydrogen) atoms. The van der Waals surface area contributed by atoms with Gasteiger partial charge in [-0.2, -0.15) is 0 Å². The topological polar surface area (TPSA) is 86.9 Å². The molecule has 0 unspecified atom stereocenters. The molecule has 0 spiro atoms. The second kappa shape index (κ2) is 5.45. The highest BCUT2D eigenvalue weighted by Crippen LogP contribution is 2.33. The standard InChI is InChI=1S/C15H13BrN6O2/c1-17-15(23)13-11-6-12-14(16)18-7-21(12)9-4-3-8(24-2)5-10(9)22(11)20-19-13/h3-5,7H,6H2,1-2H3,(H,17,23). The summed E-state index contributed by atoms with van der Waals surface area (Å²) >= 11 is 3.48. The van der Waals surface area contributed by atoms with E-state index in [-0.39, 0.29) is 5.91 Å². The Bertz CT molecular complexity index is 961. The summed E-state index contributed by atoms with van der Waals surface area (Å²) in [6.45, 7) is 0. The van der Waals surface area contributed by atoms with Crippen molar-refractivity contribution >= 4 is 21.8 Å². The molecule has 1 aromatic carbocycles. The van der Waals surface area contributed by atoms with Gasteiger partial charge in [-0.1, -0.05) is 5.21 Å². The number of aromatic nitrogens is 5. The van der Waals surface area contributed by atoms with Crippen molar-refractivity contribution in [2.75, 3.05) is 14.2 Å². The van der Waals surface area contributed by atoms with Crippen molar-refractivity contribution in [1.29, 1.82) is 0 Å². The van der Waals surface area contributed by atoms with Crippen LogP contribution in [0.15, 0.2) is 29.1 Å². The van der Waals surface area contributed by atoms with Crippen molar-refractivity contribution in [2.45, 2.75) is 6.42 Å². The summed E-state index contributed by atoms with van der Waals surface area (Å²) in [4.78, 5) is 16.5. The molecule has 1 amide bonds. The molecule has 1 N–H and O–H groups in total. The van der Waals surface area contributed by atoms with Gasteiger partial charge in [0.25, 0.3) is 5.91 Å². The first-order chi connectivity index (χ1) is 11.6. The number of methoxy groups -OCH3 is 1. The number of amides is 1. The number of imidazole rings is 1. The van der Waals surface area contributed by atoms with E-state index < -0.39 is 0 Å². The number of rotatable bonds is 2. The average Bonchev–Trinajstić information content (AvgIpc) is 3.15. The first kappa shape index (κ1) is 14.9. The molecule has 3 heterocycles. The van der Waals surface area contributed by atoms with Gasteiger partial charge in [0.15, 0.2) is 5.69 Å². The molecule has 3 aromatic rings. The maximum atomic E-state index is 12.1. The molecule has 0 saturated carbocycles. The zero-order valence-electron chi connectivity index (χ0n) is 12.9. The molecule has 0 fully saturated rings. The molecule has 1 aliphatic heterocycles. The minimum Gasteiger partial charge on any atom is -0.497 e. The summed E-state index contributed by atoms with van der Waals surface area (Å²) in [7, 11) is 3.18. The molecule has 0 radical (unpaired) electrons. The highest BCUT2D eigenvalue weighted by Gasteiger charge is 2.28. The predicted octanol–water partition coefficient (Wildman–Crippen LogP) is 1.49. The maximum absolute atomic E-state index is 12.1. The number of nitrogens with one attached hydrogen (secondary N) is 1. The van der Waals surface area contributed by atoms with E-state index in [1.165, 1.54) is 0 Å². The van der Waals surface area contributed by atoms with Gasteiger partial charge < -0.3 is 10.1 Å². The van der Waals surface area contributed by atoms with E-state index in [1.807, 2.05) is 22.8 Å². The number of carbonyl (C=O) groups is 1. The second-order valence-electron chi connectivity index (χ2n) is 5.26. The molecule has 1 aliphatic rings. The van der Waals surface area contributed by atoms with Gasteiger partial charge in [0.2, 0.25) is 0 Å². The van der Waals surface area contributed by atoms with Crippen LogP contribution in [0.4, 0.5) is 0 Å². The monoisotopic (exact) mass is 388 g/mol. The van der Waals surface area contributed by atoms with Crippen LogP contribution >= 0.6 is 15.9 Å². The lowest BCUT2D eigenvalue weighted by Crippen LogP contribution is -2.20. The first-order valence-corrected chi connectivity index (χ1v) is 8.00. The van der Waals surface area contributed by atoms with Crippen molar-refractivity contribution in [2.24, 2.45) is 0 Å². The normalized spacial score (nSPS) is 12.0. The summed E-state index contributed by atoms with van der Waals surface area (Å²) in [5.41, 5.74) is 3.58. The summed E-state index contributed by atoms with van der Waals surface area (Å²) < 4.78 is 9.71. The highest BCUT2D eigenvalue weighted by molar-refractivity contribution is 9.10. The third-order valence-electron chi connectivity index (χ3n) is 4.03. The van der Waals surface area contributed by atoms with E-state index in [4.69, 9.17) is 4.74 Å². The molecule has 122 valence electrons. The number of fused-ring (bicyclic) bond motifs is 5. The zero-order valence-corrected chi connectivity index (χ0v) is 14.5. The highest BCUT2D eigenvalue weighted by atomic mass is 79.9. The summed E-state index contributed by atoms with van der Waals surface area (Å²) in [6.07, 6.45) is 2.21. The minimum atomic E-state index is -0.273. The first-order valence-electron chi connectivity index (χ1n) is 7.21. The second-order valence-corrected chi connectivity index (χ2v) is 6.01. The van der Waals surface area contributed by atoms with E-state index >= 15 is 0 Å². The van der Waals surface area contributed by atoms with E-state index in [0.29, 0.717) is 23.6 Å². The number of halogens is 1. The molecule has 9 heteroatoms. The molecule has 8 nitrogen and oxygen atoms in total. The Labute approximate surface area is 145 Å². The molecule has 0 aliphatic carbocycles. The molecule has 0 atom stereocenters. The van der Waals surface area contributed by atoms with Crippen LogP contribution in [0.3, 0.4) is 0 Å². The van der Waals surface area contributed by atoms with Crippen LogP contribution in [0.2, 0.25) is 0 Å². The van der Waals surface area contributed by atoms with Gasteiger partial charge in [-0.25, -0.2) is 9.67 Å². The fourth-order valence-electron chi connectivity index (χ4n) is 2.83. The van der Waals surface area contributed by atoms with Gasteiger partial charge in [0.1, 0.15) is 16.7 Å². The van der Waals surface area contributed by atoms with Crippen LogP contribution in [-0.4, -0.2) is 44.6 Å². The van der Waals surface area contributed by atoms with Crippen LogP contribution in [-0.2, 0) is 6.42 Å². The van der Waals surface area contributed by atoms with Gasteiger partial charge in [-0.3, -0.25) is 9.36 Å². The number of carbonyl (C=O) groups excluding carboxylic acids is 1. The van der Waals surface area contributed by atoms with E-state index in [9.17, 15) is 4.79 Å². The Morgan fingerprint density at radius 1 is 1.33 bits per heavy atom. The Kier molecular flexibility index (Phi) is 3.38. The smallest absolute Gasteiger partial charge is 0.273 e. The Balaban J connectivity index is 2.05. The average molecular weight is 389 g/mol. The summed E-state index contributed by atoms with van der Waals surface area (Å²) in [5, 5.41) is 10.9. The lowest BCUT2D eigenvalue weighted by Gasteiger charge is -2.11. The Hall–Kier alpha value is -2.68. The summed E-state index contributed by atoms with van der Waals surface area (Å²) in [6, 6.07) is 5.67. The number of ether oxygens (including phenoxy) is 1. The Morgan fingerprint density at radius 2 is 2.17 bits per heavy atom. The molecular formula is C15H13BrN6O2. The van der Waals surface area contributed by atoms with Crippen LogP contribution in [0.1, 0.15) is 21.9 Å². The third kappa shape index (κ3) is 2.04. The van der Waals surface area contributed by atoms with Gasteiger partial charge in [-0.05, 0) is 28.1 Å². The lowest BCUT2D eigenvalue weighted by molar-refractivity contribution is 0.0957. The largest absolute Gasteiger partial charge is 0.497 e. The number of hydrogen-bond acceptors (Lipinski definition) is 5. The maximum Gasteiger partial charge on any atom is 0.273 e. The van der Waals surface area contributed by atoms with Crippen molar-refractivity contribution in [3.8, 4) is 17.1 Å². The number of nitrogens with zero attached hydrogens (tertiary/aromatic N) is 5. The van der Waals surface area contributed by atoms with E-state index in [2.05, 4.69) is 36.5 Å². The van der Waals surface area contributed by atoms with Crippen LogP contribution in [0.25, 0.3) is 11.4 Å². The van der Waals surface area contributed by atoms with Crippen LogP contribution in [0.5, 0.6) is 5.75 Å². The van der Waals surface area contributed by atoms with Crippen molar-refractivity contribution < 1.29 is 9.53 Å². The van der Waals surface area contributed by atoms with Crippen LogP contribution in [0, 0.1) is 0 Å². The third-order valence-corrected chi connectivity index (χ3v) is 4.69. The lowest BCUT2D eigenvalue weighted by atomic mass is 10.2. The number of benzene rings is 1. The van der Waals surface area contributed by atoms with E-state index in [0.717, 1.165) is 21.7 Å². The molecule has 0 bridgehead atoms.